The Bertz CT molecular complexity index is 2200. The number of aromatic nitrogens is 1. The van der Waals surface area contributed by atoms with E-state index in [1.54, 1.807) is 18.4 Å². The van der Waals surface area contributed by atoms with Gasteiger partial charge in [-0.1, -0.05) is 59.9 Å². The summed E-state index contributed by atoms with van der Waals surface area (Å²) in [6, 6.07) is 25.1. The van der Waals surface area contributed by atoms with Gasteiger partial charge in [0.05, 0.1) is 45.2 Å². The van der Waals surface area contributed by atoms with Crippen LogP contribution in [0.15, 0.2) is 99.9 Å². The predicted octanol–water partition coefficient (Wildman–Crippen LogP) is 6.93. The Morgan fingerprint density at radius 2 is 1.67 bits per heavy atom. The molecule has 1 aliphatic heterocycles. The van der Waals surface area contributed by atoms with Crippen LogP contribution >= 0.6 is 33.9 Å². The van der Waals surface area contributed by atoms with Crippen LogP contribution in [-0.4, -0.2) is 30.4 Å². The average Bonchev–Trinajstić information content (AvgIpc) is 3.38. The van der Waals surface area contributed by atoms with Gasteiger partial charge in [0.2, 0.25) is 0 Å². The number of carbonyl (C=O) groups excluding carboxylic acids is 1. The molecule has 0 amide bonds. The minimum atomic E-state index is -0.705. The quantitative estimate of drug-likeness (QED) is 0.107. The number of hydrogen-bond donors (Lipinski definition) is 0. The van der Waals surface area contributed by atoms with Gasteiger partial charge in [-0.15, -0.1) is 0 Å². The third-order valence-electron chi connectivity index (χ3n) is 7.85. The van der Waals surface area contributed by atoms with Gasteiger partial charge in [-0.25, -0.2) is 9.79 Å². The lowest BCUT2D eigenvalue weighted by Crippen LogP contribution is -2.39. The van der Waals surface area contributed by atoms with Crippen molar-refractivity contribution in [1.29, 1.82) is 0 Å². The highest BCUT2D eigenvalue weighted by atomic mass is 127. The zero-order valence-electron chi connectivity index (χ0n) is 27.1. The maximum Gasteiger partial charge on any atom is 0.338 e. The zero-order chi connectivity index (χ0) is 33.8. The van der Waals surface area contributed by atoms with E-state index in [-0.39, 0.29) is 12.2 Å². The van der Waals surface area contributed by atoms with Crippen LogP contribution in [-0.2, 0) is 16.1 Å². The van der Waals surface area contributed by atoms with Gasteiger partial charge in [0.25, 0.3) is 5.56 Å². The first-order valence-electron chi connectivity index (χ1n) is 15.8. The van der Waals surface area contributed by atoms with Crippen molar-refractivity contribution in [3.8, 4) is 17.2 Å². The highest BCUT2D eigenvalue weighted by Gasteiger charge is 2.33. The summed E-state index contributed by atoms with van der Waals surface area (Å²) in [6.45, 7) is 8.95. The number of esters is 1. The van der Waals surface area contributed by atoms with Crippen molar-refractivity contribution in [3.63, 3.8) is 0 Å². The molecule has 0 saturated carbocycles. The van der Waals surface area contributed by atoms with Crippen molar-refractivity contribution in [2.75, 3.05) is 19.8 Å². The summed E-state index contributed by atoms with van der Waals surface area (Å²) in [5, 5.41) is 2.34. The molecule has 0 N–H and O–H groups in total. The van der Waals surface area contributed by atoms with Crippen molar-refractivity contribution in [3.05, 3.63) is 130 Å². The molecule has 1 aromatic heterocycles. The number of carbonyl (C=O) groups is 1. The SMILES string of the molecule is CCOC(=O)C1=C(C)N=c2s/c(=C/c3cc(I)c(OCc4ccc5ccccc5c4)c(OCC)c3)c(=O)n2[C@H]1c1ccc(OCC)cc1. The molecule has 8 nitrogen and oxygen atoms in total. The van der Waals surface area contributed by atoms with E-state index >= 15 is 0 Å². The van der Waals surface area contributed by atoms with Crippen LogP contribution in [0, 0.1) is 3.57 Å². The Morgan fingerprint density at radius 3 is 2.40 bits per heavy atom. The number of rotatable bonds is 11. The Balaban J connectivity index is 1.38. The van der Waals surface area contributed by atoms with Crippen molar-refractivity contribution >= 4 is 56.7 Å². The minimum Gasteiger partial charge on any atom is -0.494 e. The van der Waals surface area contributed by atoms with Gasteiger partial charge in [-0.2, -0.15) is 0 Å². The highest BCUT2D eigenvalue weighted by molar-refractivity contribution is 14.1. The van der Waals surface area contributed by atoms with E-state index < -0.39 is 12.0 Å². The molecular weight excluding hydrogens is 739 g/mol. The molecule has 0 aliphatic carbocycles. The second-order valence-electron chi connectivity index (χ2n) is 11.0. The largest absolute Gasteiger partial charge is 0.494 e. The molecule has 0 unspecified atom stereocenters. The highest BCUT2D eigenvalue weighted by Crippen LogP contribution is 2.36. The van der Waals surface area contributed by atoms with E-state index in [9.17, 15) is 9.59 Å². The van der Waals surface area contributed by atoms with Crippen molar-refractivity contribution in [1.82, 2.24) is 4.57 Å². The van der Waals surface area contributed by atoms with Crippen molar-refractivity contribution < 1.29 is 23.7 Å². The van der Waals surface area contributed by atoms with E-state index in [2.05, 4.69) is 52.9 Å². The topological polar surface area (TPSA) is 88.4 Å². The molecule has 2 heterocycles. The van der Waals surface area contributed by atoms with E-state index in [1.807, 2.05) is 68.5 Å². The molecule has 10 heteroatoms. The number of ether oxygens (including phenoxy) is 4. The van der Waals surface area contributed by atoms with Crippen molar-refractivity contribution in [2.45, 2.75) is 40.3 Å². The summed E-state index contributed by atoms with van der Waals surface area (Å²) in [6.07, 6.45) is 1.83. The van der Waals surface area contributed by atoms with E-state index in [1.165, 1.54) is 16.7 Å². The zero-order valence-corrected chi connectivity index (χ0v) is 30.1. The second kappa shape index (κ2) is 14.8. The first-order valence-corrected chi connectivity index (χ1v) is 17.7. The summed E-state index contributed by atoms with van der Waals surface area (Å²) in [4.78, 5) is 32.6. The van der Waals surface area contributed by atoms with Crippen LogP contribution in [0.3, 0.4) is 0 Å². The smallest absolute Gasteiger partial charge is 0.338 e. The van der Waals surface area contributed by atoms with Crippen molar-refractivity contribution in [2.24, 2.45) is 4.99 Å². The lowest BCUT2D eigenvalue weighted by Gasteiger charge is -2.24. The fourth-order valence-corrected chi connectivity index (χ4v) is 7.56. The predicted molar refractivity (Wildman–Crippen MR) is 197 cm³/mol. The Labute approximate surface area is 296 Å². The lowest BCUT2D eigenvalue weighted by molar-refractivity contribution is -0.139. The van der Waals surface area contributed by atoms with Crippen LogP contribution < -0.4 is 29.1 Å². The Hall–Kier alpha value is -4.42. The third kappa shape index (κ3) is 6.91. The molecule has 0 bridgehead atoms. The van der Waals surface area contributed by atoms with Gasteiger partial charge >= 0.3 is 5.97 Å². The molecule has 48 heavy (non-hydrogen) atoms. The molecule has 5 aromatic rings. The summed E-state index contributed by atoms with van der Waals surface area (Å²) < 4.78 is 26.3. The third-order valence-corrected chi connectivity index (χ3v) is 9.63. The van der Waals surface area contributed by atoms with E-state index in [0.29, 0.717) is 57.7 Å². The van der Waals surface area contributed by atoms with Crippen LogP contribution in [0.1, 0.15) is 50.4 Å². The van der Waals surface area contributed by atoms with Crippen LogP contribution in [0.2, 0.25) is 0 Å². The number of fused-ring (bicyclic) bond motifs is 2. The molecule has 4 aromatic carbocycles. The molecule has 1 aliphatic rings. The maximum absolute atomic E-state index is 14.1. The molecule has 6 rings (SSSR count). The molecular formula is C38H35IN2O6S. The number of nitrogens with zero attached hydrogens (tertiary/aromatic N) is 2. The Kier molecular flexibility index (Phi) is 10.3. The first-order chi connectivity index (χ1) is 23.3. The fraction of sp³-hybridized carbons (Fsp3) is 0.237. The molecule has 0 radical (unpaired) electrons. The van der Waals surface area contributed by atoms with E-state index in [0.717, 1.165) is 25.6 Å². The first kappa shape index (κ1) is 33.5. The standard InChI is InChI=1S/C38H35IN2O6S/c1-5-44-29-16-14-27(15-17-29)34-33(37(43)46-7-3)23(4)40-38-41(34)36(42)32(48-38)21-25-19-30(39)35(31(20-25)45-6-2)47-22-24-12-13-26-10-8-9-11-28(26)18-24/h8-21,34H,5-7,22H2,1-4H3/b32-21+/t34-/m0/s1. The molecule has 0 fully saturated rings. The normalized spacial score (nSPS) is 14.4. The van der Waals surface area contributed by atoms with E-state index in [4.69, 9.17) is 23.9 Å². The number of allylic oxidation sites excluding steroid dienone is 1. The summed E-state index contributed by atoms with van der Waals surface area (Å²) >= 11 is 3.52. The van der Waals surface area contributed by atoms with Gasteiger partial charge in [-0.05, 0) is 114 Å². The summed E-state index contributed by atoms with van der Waals surface area (Å²) in [5.41, 5.74) is 3.19. The molecule has 246 valence electrons. The van der Waals surface area contributed by atoms with Gasteiger partial charge in [0.1, 0.15) is 12.4 Å². The van der Waals surface area contributed by atoms with Gasteiger partial charge in [0.15, 0.2) is 16.3 Å². The average molecular weight is 775 g/mol. The molecule has 0 saturated heterocycles. The van der Waals surface area contributed by atoms with Crippen LogP contribution in [0.25, 0.3) is 16.8 Å². The van der Waals surface area contributed by atoms with Crippen LogP contribution in [0.4, 0.5) is 0 Å². The monoisotopic (exact) mass is 774 g/mol. The number of thiazole rings is 1. The summed E-state index contributed by atoms with van der Waals surface area (Å²) in [7, 11) is 0. The van der Waals surface area contributed by atoms with Gasteiger partial charge < -0.3 is 18.9 Å². The van der Waals surface area contributed by atoms with Gasteiger partial charge in [-0.3, -0.25) is 9.36 Å². The minimum absolute atomic E-state index is 0.207. The maximum atomic E-state index is 14.1. The number of hydrogen-bond acceptors (Lipinski definition) is 8. The number of halogens is 1. The fourth-order valence-electron chi connectivity index (χ4n) is 5.73. The molecule has 1 atom stereocenters. The number of benzene rings is 4. The lowest BCUT2D eigenvalue weighted by atomic mass is 9.96. The van der Waals surface area contributed by atoms with Gasteiger partial charge in [0, 0.05) is 0 Å². The second-order valence-corrected chi connectivity index (χ2v) is 13.2. The van der Waals surface area contributed by atoms with Crippen LogP contribution in [0.5, 0.6) is 17.2 Å². The Morgan fingerprint density at radius 1 is 0.917 bits per heavy atom. The molecule has 0 spiro atoms. The summed E-state index contributed by atoms with van der Waals surface area (Å²) in [5.74, 6) is 1.45.